The number of carbonyl (C=O) groups excluding carboxylic acids is 1. The summed E-state index contributed by atoms with van der Waals surface area (Å²) in [7, 11) is 0. The highest BCUT2D eigenvalue weighted by molar-refractivity contribution is 5.61. The molecular weight excluding hydrogens is 160 g/mol. The van der Waals surface area contributed by atoms with Gasteiger partial charge in [-0.3, -0.25) is 0 Å². The molecule has 3 unspecified atom stereocenters. The van der Waals surface area contributed by atoms with Gasteiger partial charge in [0.25, 0.3) is 0 Å². The molecule has 0 spiro atoms. The highest BCUT2D eigenvalue weighted by Crippen LogP contribution is 2.59. The predicted octanol–water partition coefficient (Wildman–Crippen LogP) is 2.79. The topological polar surface area (TPSA) is 17.1 Å². The Morgan fingerprint density at radius 2 is 2.00 bits per heavy atom. The normalized spacial score (nSPS) is 46.0. The SMILES string of the molecule is O=CC1(C2CC3CCC2C3)CCC1. The lowest BCUT2D eigenvalue weighted by Gasteiger charge is -2.45. The number of aldehydes is 1. The fourth-order valence-corrected chi connectivity index (χ4v) is 4.11. The maximum absolute atomic E-state index is 11.2. The largest absolute Gasteiger partial charge is 0.303 e. The van der Waals surface area contributed by atoms with E-state index in [1.807, 2.05) is 0 Å². The molecule has 3 fully saturated rings. The van der Waals surface area contributed by atoms with Gasteiger partial charge in [0.15, 0.2) is 0 Å². The fraction of sp³-hybridized carbons (Fsp3) is 0.917. The van der Waals surface area contributed by atoms with Crippen molar-refractivity contribution in [3.8, 4) is 0 Å². The van der Waals surface area contributed by atoms with Gasteiger partial charge < -0.3 is 4.79 Å². The molecule has 3 aliphatic carbocycles. The van der Waals surface area contributed by atoms with Gasteiger partial charge in [0.05, 0.1) is 0 Å². The first-order valence-corrected chi connectivity index (χ1v) is 5.80. The van der Waals surface area contributed by atoms with Crippen molar-refractivity contribution in [2.45, 2.75) is 44.9 Å². The summed E-state index contributed by atoms with van der Waals surface area (Å²) in [5.74, 6) is 2.71. The highest BCUT2D eigenvalue weighted by Gasteiger charge is 2.52. The second-order valence-electron chi connectivity index (χ2n) is 5.49. The van der Waals surface area contributed by atoms with Crippen LogP contribution in [-0.4, -0.2) is 6.29 Å². The molecule has 3 atom stereocenters. The summed E-state index contributed by atoms with van der Waals surface area (Å²) in [4.78, 5) is 11.2. The molecule has 0 amide bonds. The number of fused-ring (bicyclic) bond motifs is 2. The van der Waals surface area contributed by atoms with E-state index in [2.05, 4.69) is 0 Å². The van der Waals surface area contributed by atoms with E-state index in [1.165, 1.54) is 51.2 Å². The number of hydrogen-bond donors (Lipinski definition) is 0. The van der Waals surface area contributed by atoms with Crippen molar-refractivity contribution in [2.75, 3.05) is 0 Å². The van der Waals surface area contributed by atoms with Gasteiger partial charge in [-0.15, -0.1) is 0 Å². The summed E-state index contributed by atoms with van der Waals surface area (Å²) in [5, 5.41) is 0. The van der Waals surface area contributed by atoms with Crippen molar-refractivity contribution >= 4 is 6.29 Å². The Morgan fingerprint density at radius 3 is 2.38 bits per heavy atom. The molecule has 0 N–H and O–H groups in total. The van der Waals surface area contributed by atoms with Crippen LogP contribution >= 0.6 is 0 Å². The number of hydrogen-bond acceptors (Lipinski definition) is 1. The molecule has 0 radical (unpaired) electrons. The summed E-state index contributed by atoms with van der Waals surface area (Å²) in [6.45, 7) is 0. The number of rotatable bonds is 2. The molecule has 1 nitrogen and oxygen atoms in total. The van der Waals surface area contributed by atoms with E-state index in [4.69, 9.17) is 0 Å². The van der Waals surface area contributed by atoms with Crippen LogP contribution in [0.5, 0.6) is 0 Å². The molecule has 2 bridgehead atoms. The Labute approximate surface area is 79.9 Å². The van der Waals surface area contributed by atoms with Crippen LogP contribution in [0.3, 0.4) is 0 Å². The first-order chi connectivity index (χ1) is 6.34. The van der Waals surface area contributed by atoms with E-state index < -0.39 is 0 Å². The fourth-order valence-electron chi connectivity index (χ4n) is 4.11. The van der Waals surface area contributed by atoms with E-state index in [0.29, 0.717) is 0 Å². The van der Waals surface area contributed by atoms with Crippen LogP contribution < -0.4 is 0 Å². The second kappa shape index (κ2) is 2.59. The van der Waals surface area contributed by atoms with Gasteiger partial charge in [-0.2, -0.15) is 0 Å². The highest BCUT2D eigenvalue weighted by atomic mass is 16.1. The van der Waals surface area contributed by atoms with Gasteiger partial charge >= 0.3 is 0 Å². The summed E-state index contributed by atoms with van der Waals surface area (Å²) >= 11 is 0. The molecular formula is C12H18O. The smallest absolute Gasteiger partial charge is 0.126 e. The summed E-state index contributed by atoms with van der Waals surface area (Å²) in [5.41, 5.74) is 0.167. The molecule has 3 saturated carbocycles. The monoisotopic (exact) mass is 178 g/mol. The molecule has 72 valence electrons. The lowest BCUT2D eigenvalue weighted by Crippen LogP contribution is -2.41. The van der Waals surface area contributed by atoms with Crippen molar-refractivity contribution in [3.05, 3.63) is 0 Å². The van der Waals surface area contributed by atoms with E-state index in [1.54, 1.807) is 0 Å². The van der Waals surface area contributed by atoms with Gasteiger partial charge in [-0.1, -0.05) is 12.8 Å². The average Bonchev–Trinajstić information content (AvgIpc) is 2.64. The lowest BCUT2D eigenvalue weighted by molar-refractivity contribution is -0.126. The Bertz CT molecular complexity index is 229. The zero-order valence-electron chi connectivity index (χ0n) is 8.17. The summed E-state index contributed by atoms with van der Waals surface area (Å²) in [6, 6.07) is 0. The van der Waals surface area contributed by atoms with Crippen LogP contribution in [0.4, 0.5) is 0 Å². The Balaban J connectivity index is 1.81. The van der Waals surface area contributed by atoms with Crippen molar-refractivity contribution in [1.82, 2.24) is 0 Å². The average molecular weight is 178 g/mol. The third-order valence-corrected chi connectivity index (χ3v) is 5.00. The van der Waals surface area contributed by atoms with Crippen molar-refractivity contribution < 1.29 is 4.79 Å². The Hall–Kier alpha value is -0.330. The minimum Gasteiger partial charge on any atom is -0.303 e. The molecule has 3 aliphatic rings. The molecule has 0 saturated heterocycles. The Morgan fingerprint density at radius 1 is 1.15 bits per heavy atom. The molecule has 0 aliphatic heterocycles. The first-order valence-electron chi connectivity index (χ1n) is 5.80. The van der Waals surface area contributed by atoms with E-state index in [-0.39, 0.29) is 5.41 Å². The quantitative estimate of drug-likeness (QED) is 0.594. The van der Waals surface area contributed by atoms with E-state index in [9.17, 15) is 4.79 Å². The zero-order valence-corrected chi connectivity index (χ0v) is 8.17. The predicted molar refractivity (Wildman–Crippen MR) is 51.3 cm³/mol. The van der Waals surface area contributed by atoms with E-state index in [0.717, 1.165) is 17.8 Å². The lowest BCUT2D eigenvalue weighted by atomic mass is 9.58. The summed E-state index contributed by atoms with van der Waals surface area (Å²) < 4.78 is 0. The van der Waals surface area contributed by atoms with Crippen LogP contribution in [0, 0.1) is 23.2 Å². The molecule has 1 heteroatoms. The van der Waals surface area contributed by atoms with Crippen molar-refractivity contribution in [2.24, 2.45) is 23.2 Å². The van der Waals surface area contributed by atoms with Crippen LogP contribution in [-0.2, 0) is 4.79 Å². The van der Waals surface area contributed by atoms with Crippen LogP contribution in [0.15, 0.2) is 0 Å². The zero-order chi connectivity index (χ0) is 8.89. The van der Waals surface area contributed by atoms with Crippen molar-refractivity contribution in [3.63, 3.8) is 0 Å². The van der Waals surface area contributed by atoms with Crippen LogP contribution in [0.25, 0.3) is 0 Å². The molecule has 13 heavy (non-hydrogen) atoms. The molecule has 0 aromatic carbocycles. The van der Waals surface area contributed by atoms with Crippen LogP contribution in [0.2, 0.25) is 0 Å². The minimum atomic E-state index is 0.167. The number of carbonyl (C=O) groups is 1. The first kappa shape index (κ1) is 8.02. The van der Waals surface area contributed by atoms with Gasteiger partial charge in [-0.25, -0.2) is 0 Å². The van der Waals surface area contributed by atoms with Gasteiger partial charge in [-0.05, 0) is 49.9 Å². The maximum Gasteiger partial charge on any atom is 0.126 e. The second-order valence-corrected chi connectivity index (χ2v) is 5.49. The molecule has 0 heterocycles. The standard InChI is InChI=1S/C12H18O/c13-8-12(4-1-5-12)11-7-9-2-3-10(11)6-9/h8-11H,1-7H2. The van der Waals surface area contributed by atoms with Gasteiger partial charge in [0.1, 0.15) is 6.29 Å². The maximum atomic E-state index is 11.2. The van der Waals surface area contributed by atoms with Gasteiger partial charge in [0.2, 0.25) is 0 Å². The van der Waals surface area contributed by atoms with Gasteiger partial charge in [0, 0.05) is 5.41 Å². The summed E-state index contributed by atoms with van der Waals surface area (Å²) in [6.07, 6.45) is 10.7. The van der Waals surface area contributed by atoms with E-state index >= 15 is 0 Å². The minimum absolute atomic E-state index is 0.167. The third-order valence-electron chi connectivity index (χ3n) is 5.00. The molecule has 0 aromatic heterocycles. The molecule has 3 rings (SSSR count). The van der Waals surface area contributed by atoms with Crippen molar-refractivity contribution in [1.29, 1.82) is 0 Å². The molecule has 0 aromatic rings. The Kier molecular flexibility index (Phi) is 1.59. The van der Waals surface area contributed by atoms with Crippen LogP contribution in [0.1, 0.15) is 44.9 Å². The third kappa shape index (κ3) is 0.963.